The highest BCUT2D eigenvalue weighted by Gasteiger charge is 2.48. The monoisotopic (exact) mass is 275 g/mol. The molecule has 2 rings (SSSR count). The van der Waals surface area contributed by atoms with E-state index in [1.54, 1.807) is 0 Å². The van der Waals surface area contributed by atoms with Crippen LogP contribution in [0.1, 0.15) is 38.7 Å². The minimum Gasteiger partial charge on any atom is -0.468 e. The first-order valence-corrected chi connectivity index (χ1v) is 7.47. The third-order valence-corrected chi connectivity index (χ3v) is 4.86. The van der Waals surface area contributed by atoms with E-state index in [0.29, 0.717) is 12.5 Å². The quantitative estimate of drug-likeness (QED) is 0.858. The lowest BCUT2D eigenvalue weighted by Crippen LogP contribution is -2.60. The van der Waals surface area contributed by atoms with Crippen molar-refractivity contribution >= 4 is 5.97 Å². The van der Waals surface area contributed by atoms with Crippen LogP contribution in [0.3, 0.4) is 0 Å². The maximum absolute atomic E-state index is 12.4. The van der Waals surface area contributed by atoms with Crippen LogP contribution >= 0.6 is 0 Å². The third-order valence-electron chi connectivity index (χ3n) is 4.86. The van der Waals surface area contributed by atoms with Crippen molar-refractivity contribution in [2.75, 3.05) is 7.11 Å². The second-order valence-corrected chi connectivity index (χ2v) is 5.96. The Morgan fingerprint density at radius 1 is 1.35 bits per heavy atom. The predicted molar refractivity (Wildman–Crippen MR) is 80.2 cm³/mol. The van der Waals surface area contributed by atoms with Crippen molar-refractivity contribution in [1.82, 2.24) is 5.32 Å². The fraction of sp³-hybridized carbons (Fsp3) is 0.588. The van der Waals surface area contributed by atoms with Gasteiger partial charge >= 0.3 is 5.97 Å². The zero-order chi connectivity index (χ0) is 14.6. The van der Waals surface area contributed by atoms with Crippen LogP contribution in [0.15, 0.2) is 30.3 Å². The Bertz CT molecular complexity index is 446. The molecule has 1 aromatic carbocycles. The molecule has 0 radical (unpaired) electrons. The van der Waals surface area contributed by atoms with Crippen LogP contribution in [0, 0.1) is 11.8 Å². The summed E-state index contributed by atoms with van der Waals surface area (Å²) >= 11 is 0. The number of hydrogen-bond acceptors (Lipinski definition) is 3. The summed E-state index contributed by atoms with van der Waals surface area (Å²) in [4.78, 5) is 12.4. The smallest absolute Gasteiger partial charge is 0.326 e. The van der Waals surface area contributed by atoms with Gasteiger partial charge in [0.2, 0.25) is 0 Å². The van der Waals surface area contributed by atoms with Crippen molar-refractivity contribution in [3.8, 4) is 0 Å². The zero-order valence-electron chi connectivity index (χ0n) is 12.7. The van der Waals surface area contributed by atoms with E-state index < -0.39 is 5.54 Å². The molecule has 0 spiro atoms. The van der Waals surface area contributed by atoms with Crippen LogP contribution in [0.25, 0.3) is 0 Å². The molecule has 3 atom stereocenters. The van der Waals surface area contributed by atoms with Crippen molar-refractivity contribution in [3.05, 3.63) is 35.9 Å². The molecule has 1 saturated carbocycles. The highest BCUT2D eigenvalue weighted by atomic mass is 16.5. The van der Waals surface area contributed by atoms with Crippen molar-refractivity contribution < 1.29 is 9.53 Å². The SMILES string of the molecule is COC(=O)C1(NCc2ccccc2)CCCC(C)C1C. The number of ether oxygens (including phenoxy) is 1. The number of rotatable bonds is 4. The Morgan fingerprint density at radius 3 is 2.70 bits per heavy atom. The topological polar surface area (TPSA) is 38.3 Å². The van der Waals surface area contributed by atoms with Gasteiger partial charge in [-0.3, -0.25) is 10.1 Å². The molecule has 1 fully saturated rings. The lowest BCUT2D eigenvalue weighted by Gasteiger charge is -2.44. The van der Waals surface area contributed by atoms with Gasteiger partial charge in [-0.1, -0.05) is 57.0 Å². The molecule has 0 aliphatic heterocycles. The predicted octanol–water partition coefficient (Wildman–Crippen LogP) is 3.14. The highest BCUT2D eigenvalue weighted by molar-refractivity contribution is 5.81. The average molecular weight is 275 g/mol. The van der Waals surface area contributed by atoms with E-state index in [2.05, 4.69) is 31.3 Å². The molecule has 1 N–H and O–H groups in total. The van der Waals surface area contributed by atoms with Gasteiger partial charge in [-0.25, -0.2) is 0 Å². The lowest BCUT2D eigenvalue weighted by molar-refractivity contribution is -0.154. The van der Waals surface area contributed by atoms with Gasteiger partial charge in [0, 0.05) is 6.54 Å². The van der Waals surface area contributed by atoms with Gasteiger partial charge in [0.15, 0.2) is 0 Å². The molecule has 3 heteroatoms. The van der Waals surface area contributed by atoms with E-state index in [1.807, 2.05) is 18.2 Å². The first-order chi connectivity index (χ1) is 9.60. The summed E-state index contributed by atoms with van der Waals surface area (Å²) in [5.74, 6) is 0.700. The first kappa shape index (κ1) is 15.0. The van der Waals surface area contributed by atoms with Crippen molar-refractivity contribution in [2.45, 2.75) is 45.2 Å². The summed E-state index contributed by atoms with van der Waals surface area (Å²) in [7, 11) is 1.49. The normalized spacial score (nSPS) is 29.9. The molecule has 0 saturated heterocycles. The van der Waals surface area contributed by atoms with Crippen LogP contribution in [-0.2, 0) is 16.1 Å². The average Bonchev–Trinajstić information content (AvgIpc) is 2.49. The number of benzene rings is 1. The second-order valence-electron chi connectivity index (χ2n) is 5.96. The molecule has 1 aliphatic carbocycles. The van der Waals surface area contributed by atoms with Crippen molar-refractivity contribution in [3.63, 3.8) is 0 Å². The number of esters is 1. The first-order valence-electron chi connectivity index (χ1n) is 7.47. The maximum Gasteiger partial charge on any atom is 0.326 e. The third kappa shape index (κ3) is 2.88. The van der Waals surface area contributed by atoms with Crippen LogP contribution in [0.2, 0.25) is 0 Å². The van der Waals surface area contributed by atoms with Gasteiger partial charge in [0.1, 0.15) is 5.54 Å². The zero-order valence-corrected chi connectivity index (χ0v) is 12.7. The number of methoxy groups -OCH3 is 1. The van der Waals surface area contributed by atoms with E-state index in [4.69, 9.17) is 4.74 Å². The van der Waals surface area contributed by atoms with Crippen LogP contribution in [0.4, 0.5) is 0 Å². The van der Waals surface area contributed by atoms with Gasteiger partial charge < -0.3 is 4.74 Å². The lowest BCUT2D eigenvalue weighted by atomic mass is 9.68. The Kier molecular flexibility index (Phi) is 4.81. The Balaban J connectivity index is 2.17. The second kappa shape index (κ2) is 6.40. The molecule has 1 aliphatic rings. The minimum atomic E-state index is -0.539. The maximum atomic E-state index is 12.4. The van der Waals surface area contributed by atoms with Crippen LogP contribution in [0.5, 0.6) is 0 Å². The van der Waals surface area contributed by atoms with E-state index >= 15 is 0 Å². The van der Waals surface area contributed by atoms with Crippen molar-refractivity contribution in [2.24, 2.45) is 11.8 Å². The summed E-state index contributed by atoms with van der Waals surface area (Å²) in [6.45, 7) is 5.09. The van der Waals surface area contributed by atoms with Gasteiger partial charge in [-0.05, 0) is 23.8 Å². The van der Waals surface area contributed by atoms with Crippen LogP contribution < -0.4 is 5.32 Å². The largest absolute Gasteiger partial charge is 0.468 e. The molecule has 3 unspecified atom stereocenters. The summed E-state index contributed by atoms with van der Waals surface area (Å²) < 4.78 is 5.10. The molecule has 1 aromatic rings. The van der Waals surface area contributed by atoms with E-state index in [9.17, 15) is 4.79 Å². The summed E-state index contributed by atoms with van der Waals surface area (Å²) in [6, 6.07) is 10.2. The van der Waals surface area contributed by atoms with Crippen molar-refractivity contribution in [1.29, 1.82) is 0 Å². The molecular weight excluding hydrogens is 250 g/mol. The number of carbonyl (C=O) groups is 1. The fourth-order valence-electron chi connectivity index (χ4n) is 3.31. The van der Waals surface area contributed by atoms with E-state index in [-0.39, 0.29) is 11.9 Å². The van der Waals surface area contributed by atoms with Gasteiger partial charge in [-0.15, -0.1) is 0 Å². The number of hydrogen-bond donors (Lipinski definition) is 1. The summed E-state index contributed by atoms with van der Waals surface area (Å²) in [5.41, 5.74) is 0.656. The molecule has 0 bridgehead atoms. The fourth-order valence-corrected chi connectivity index (χ4v) is 3.31. The van der Waals surface area contributed by atoms with E-state index in [1.165, 1.54) is 19.1 Å². The summed E-state index contributed by atoms with van der Waals surface area (Å²) in [5, 5.41) is 3.51. The van der Waals surface area contributed by atoms with E-state index in [0.717, 1.165) is 12.8 Å². The summed E-state index contributed by atoms with van der Waals surface area (Å²) in [6.07, 6.45) is 3.12. The molecule has 0 amide bonds. The molecule has 0 aromatic heterocycles. The van der Waals surface area contributed by atoms with Crippen LogP contribution in [-0.4, -0.2) is 18.6 Å². The van der Waals surface area contributed by atoms with Gasteiger partial charge in [-0.2, -0.15) is 0 Å². The molecular formula is C17H25NO2. The number of carbonyl (C=O) groups excluding carboxylic acids is 1. The Labute approximate surface area is 121 Å². The highest BCUT2D eigenvalue weighted by Crippen LogP contribution is 2.38. The molecule has 110 valence electrons. The van der Waals surface area contributed by atoms with Gasteiger partial charge in [0.25, 0.3) is 0 Å². The molecule has 3 nitrogen and oxygen atoms in total. The number of nitrogens with one attached hydrogen (secondary N) is 1. The standard InChI is InChI=1S/C17H25NO2/c1-13-8-7-11-17(14(13)2,16(19)20-3)18-12-15-9-5-4-6-10-15/h4-6,9-10,13-14,18H,7-8,11-12H2,1-3H3. The van der Waals surface area contributed by atoms with Gasteiger partial charge in [0.05, 0.1) is 7.11 Å². The minimum absolute atomic E-state index is 0.118. The Hall–Kier alpha value is -1.35. The molecule has 0 heterocycles. The molecule has 20 heavy (non-hydrogen) atoms. The Morgan fingerprint density at radius 2 is 2.05 bits per heavy atom.